The van der Waals surface area contributed by atoms with E-state index < -0.39 is 0 Å². The van der Waals surface area contributed by atoms with Gasteiger partial charge in [0.1, 0.15) is 5.75 Å². The van der Waals surface area contributed by atoms with Gasteiger partial charge in [-0.15, -0.1) is 0 Å². The molecule has 1 amide bonds. The van der Waals surface area contributed by atoms with Crippen LogP contribution < -0.4 is 9.64 Å². The minimum absolute atomic E-state index is 0.177. The molecule has 0 radical (unpaired) electrons. The minimum Gasteiger partial charge on any atom is -0.495 e. The predicted molar refractivity (Wildman–Crippen MR) is 121 cm³/mol. The van der Waals surface area contributed by atoms with Crippen LogP contribution in [0.15, 0.2) is 48.5 Å². The van der Waals surface area contributed by atoms with Gasteiger partial charge in [0.25, 0.3) is 0 Å². The van der Waals surface area contributed by atoms with Gasteiger partial charge in [0.2, 0.25) is 5.91 Å². The first-order valence-corrected chi connectivity index (χ1v) is 11.1. The van der Waals surface area contributed by atoms with E-state index in [1.807, 2.05) is 18.2 Å². The number of benzene rings is 2. The van der Waals surface area contributed by atoms with Crippen molar-refractivity contribution >= 4 is 11.6 Å². The second-order valence-corrected chi connectivity index (χ2v) is 8.46. The molecule has 2 aromatic carbocycles. The molecule has 160 valence electrons. The molecule has 0 aromatic heterocycles. The van der Waals surface area contributed by atoms with Crippen LogP contribution in [-0.4, -0.2) is 62.1 Å². The van der Waals surface area contributed by atoms with E-state index in [9.17, 15) is 4.79 Å². The maximum Gasteiger partial charge on any atom is 0.225 e. The average Bonchev–Trinajstić information content (AvgIpc) is 2.81. The molecule has 0 aliphatic carbocycles. The van der Waals surface area contributed by atoms with Crippen LogP contribution in [-0.2, 0) is 11.3 Å². The fourth-order valence-corrected chi connectivity index (χ4v) is 4.68. The van der Waals surface area contributed by atoms with Crippen LogP contribution in [0, 0.1) is 12.8 Å². The molecule has 0 unspecified atom stereocenters. The van der Waals surface area contributed by atoms with Crippen LogP contribution in [0.5, 0.6) is 5.75 Å². The Morgan fingerprint density at radius 3 is 2.30 bits per heavy atom. The third-order valence-corrected chi connectivity index (χ3v) is 6.61. The summed E-state index contributed by atoms with van der Waals surface area (Å²) < 4.78 is 5.50. The van der Waals surface area contributed by atoms with Gasteiger partial charge < -0.3 is 14.5 Å². The topological polar surface area (TPSA) is 36.0 Å². The zero-order chi connectivity index (χ0) is 20.9. The van der Waals surface area contributed by atoms with Gasteiger partial charge in [0, 0.05) is 38.6 Å². The Hall–Kier alpha value is -2.53. The first kappa shape index (κ1) is 20.7. The normalized spacial score (nSPS) is 18.5. The summed E-state index contributed by atoms with van der Waals surface area (Å²) in [6.07, 6.45) is 1.94. The first-order chi connectivity index (χ1) is 14.7. The van der Waals surface area contributed by atoms with Crippen molar-refractivity contribution in [3.8, 4) is 5.75 Å². The fraction of sp³-hybridized carbons (Fsp3) is 0.480. The highest BCUT2D eigenvalue weighted by Gasteiger charge is 2.30. The average molecular weight is 408 g/mol. The Bertz CT molecular complexity index is 853. The van der Waals surface area contributed by atoms with E-state index in [1.165, 1.54) is 11.1 Å². The molecule has 0 bridgehead atoms. The number of hydrogen-bond donors (Lipinski definition) is 0. The Morgan fingerprint density at radius 1 is 0.933 bits per heavy atom. The smallest absolute Gasteiger partial charge is 0.225 e. The lowest BCUT2D eigenvalue weighted by Gasteiger charge is -2.39. The number of piperazine rings is 1. The number of carbonyl (C=O) groups is 1. The van der Waals surface area contributed by atoms with Crippen molar-refractivity contribution in [2.24, 2.45) is 5.92 Å². The number of amides is 1. The third-order valence-electron chi connectivity index (χ3n) is 6.61. The number of aryl methyl sites for hydroxylation is 1. The number of ether oxygens (including phenoxy) is 1. The second-order valence-electron chi connectivity index (χ2n) is 8.46. The van der Waals surface area contributed by atoms with Gasteiger partial charge in [-0.2, -0.15) is 0 Å². The van der Waals surface area contributed by atoms with E-state index >= 15 is 0 Å². The summed E-state index contributed by atoms with van der Waals surface area (Å²) in [6, 6.07) is 16.7. The summed E-state index contributed by atoms with van der Waals surface area (Å²) in [6.45, 7) is 8.48. The summed E-state index contributed by atoms with van der Waals surface area (Å²) >= 11 is 0. The summed E-state index contributed by atoms with van der Waals surface area (Å²) in [5.41, 5.74) is 3.87. The molecule has 2 heterocycles. The first-order valence-electron chi connectivity index (χ1n) is 11.1. The van der Waals surface area contributed by atoms with Crippen molar-refractivity contribution < 1.29 is 9.53 Å². The molecule has 2 saturated heterocycles. The Morgan fingerprint density at radius 2 is 1.60 bits per heavy atom. The lowest BCUT2D eigenvalue weighted by Crippen LogP contribution is -2.51. The van der Waals surface area contributed by atoms with Crippen molar-refractivity contribution in [2.45, 2.75) is 26.3 Å². The van der Waals surface area contributed by atoms with Gasteiger partial charge in [-0.1, -0.05) is 36.4 Å². The molecule has 0 N–H and O–H groups in total. The molecule has 2 aliphatic rings. The fourth-order valence-electron chi connectivity index (χ4n) is 4.68. The van der Waals surface area contributed by atoms with Crippen molar-refractivity contribution in [1.82, 2.24) is 9.80 Å². The number of hydrogen-bond acceptors (Lipinski definition) is 4. The zero-order valence-corrected chi connectivity index (χ0v) is 18.2. The molecule has 2 aliphatic heterocycles. The van der Waals surface area contributed by atoms with Crippen molar-refractivity contribution in [1.29, 1.82) is 0 Å². The monoisotopic (exact) mass is 407 g/mol. The van der Waals surface area contributed by atoms with Crippen LogP contribution in [0.4, 0.5) is 5.69 Å². The summed E-state index contributed by atoms with van der Waals surface area (Å²) in [5.74, 6) is 1.43. The lowest BCUT2D eigenvalue weighted by molar-refractivity contribution is -0.137. The molecule has 5 nitrogen and oxygen atoms in total. The summed E-state index contributed by atoms with van der Waals surface area (Å²) in [7, 11) is 1.71. The van der Waals surface area contributed by atoms with Crippen LogP contribution >= 0.6 is 0 Å². The van der Waals surface area contributed by atoms with Crippen molar-refractivity contribution in [2.75, 3.05) is 51.3 Å². The highest BCUT2D eigenvalue weighted by Crippen LogP contribution is 2.29. The van der Waals surface area contributed by atoms with Gasteiger partial charge in [0.15, 0.2) is 0 Å². The Labute approximate surface area is 180 Å². The van der Waals surface area contributed by atoms with Gasteiger partial charge >= 0.3 is 0 Å². The van der Waals surface area contributed by atoms with Gasteiger partial charge in [0.05, 0.1) is 12.8 Å². The highest BCUT2D eigenvalue weighted by atomic mass is 16.5. The van der Waals surface area contributed by atoms with Crippen molar-refractivity contribution in [3.05, 3.63) is 59.7 Å². The number of rotatable bonds is 5. The number of methoxy groups -OCH3 is 1. The molecular formula is C25H33N3O2. The van der Waals surface area contributed by atoms with E-state index in [4.69, 9.17) is 4.74 Å². The third kappa shape index (κ3) is 4.62. The minimum atomic E-state index is 0.177. The van der Waals surface area contributed by atoms with Gasteiger partial charge in [-0.05, 0) is 56.1 Å². The number of piperidine rings is 1. The van der Waals surface area contributed by atoms with E-state index in [0.717, 1.165) is 70.1 Å². The van der Waals surface area contributed by atoms with Gasteiger partial charge in [-0.25, -0.2) is 0 Å². The van der Waals surface area contributed by atoms with Crippen LogP contribution in [0.3, 0.4) is 0 Å². The molecule has 0 saturated carbocycles. The second kappa shape index (κ2) is 9.52. The molecule has 4 rings (SSSR count). The lowest BCUT2D eigenvalue weighted by atomic mass is 9.94. The predicted octanol–water partition coefficient (Wildman–Crippen LogP) is 3.56. The molecule has 2 aromatic rings. The van der Waals surface area contributed by atoms with Crippen molar-refractivity contribution in [3.63, 3.8) is 0 Å². The van der Waals surface area contributed by atoms with E-state index in [-0.39, 0.29) is 5.92 Å². The largest absolute Gasteiger partial charge is 0.495 e. The summed E-state index contributed by atoms with van der Waals surface area (Å²) in [5, 5.41) is 0. The van der Waals surface area contributed by atoms with Crippen LogP contribution in [0.2, 0.25) is 0 Å². The molecule has 5 heteroatoms. The molecule has 2 fully saturated rings. The van der Waals surface area contributed by atoms with Crippen LogP contribution in [0.25, 0.3) is 0 Å². The van der Waals surface area contributed by atoms with Crippen LogP contribution in [0.1, 0.15) is 24.0 Å². The number of likely N-dealkylation sites (tertiary alicyclic amines) is 1. The highest BCUT2D eigenvalue weighted by molar-refractivity contribution is 5.79. The standard InChI is InChI=1S/C25H33N3O2/c1-20-7-3-4-8-22(20)19-26-13-11-21(12-14-26)25(29)28-17-15-27(16-18-28)23-9-5-6-10-24(23)30-2/h3-10,21H,11-19H2,1-2H3. The summed E-state index contributed by atoms with van der Waals surface area (Å²) in [4.78, 5) is 20.0. The SMILES string of the molecule is COc1ccccc1N1CCN(C(=O)C2CCN(Cc3ccccc3C)CC2)CC1. The van der Waals surface area contributed by atoms with E-state index in [2.05, 4.69) is 52.0 Å². The van der Waals surface area contributed by atoms with E-state index in [1.54, 1.807) is 7.11 Å². The molecule has 0 spiro atoms. The number of anilines is 1. The number of nitrogens with zero attached hydrogens (tertiary/aromatic N) is 3. The molecule has 0 atom stereocenters. The molecular weight excluding hydrogens is 374 g/mol. The Balaban J connectivity index is 1.27. The zero-order valence-electron chi connectivity index (χ0n) is 18.2. The van der Waals surface area contributed by atoms with E-state index in [0.29, 0.717) is 5.91 Å². The quantitative estimate of drug-likeness (QED) is 0.759. The van der Waals surface area contributed by atoms with Gasteiger partial charge in [-0.3, -0.25) is 9.69 Å². The maximum absolute atomic E-state index is 13.1. The number of para-hydroxylation sites is 2. The number of carbonyl (C=O) groups excluding carboxylic acids is 1. The molecule has 30 heavy (non-hydrogen) atoms. The Kier molecular flexibility index (Phi) is 6.58. The maximum atomic E-state index is 13.1.